The Morgan fingerprint density at radius 3 is 2.95 bits per heavy atom. The molecule has 0 saturated carbocycles. The van der Waals surface area contributed by atoms with Crippen molar-refractivity contribution in [2.45, 2.75) is 19.0 Å². The molecule has 0 amide bonds. The molecule has 4 heteroatoms. The molecular weight excluding hydrogens is 252 g/mol. The molecule has 1 aromatic rings. The summed E-state index contributed by atoms with van der Waals surface area (Å²) >= 11 is 0. The highest BCUT2D eigenvalue weighted by atomic mass is 16.4. The molecule has 0 bridgehead atoms. The highest BCUT2D eigenvalue weighted by Crippen LogP contribution is 2.17. The molecule has 2 rings (SSSR count). The van der Waals surface area contributed by atoms with E-state index >= 15 is 0 Å². The number of nitrogens with zero attached hydrogens (tertiary/aromatic N) is 2. The highest BCUT2D eigenvalue weighted by molar-refractivity contribution is 5.85. The lowest BCUT2D eigenvalue weighted by atomic mass is 10.1. The van der Waals surface area contributed by atoms with Gasteiger partial charge in [0.25, 0.3) is 0 Å². The third-order valence-electron chi connectivity index (χ3n) is 3.75. The van der Waals surface area contributed by atoms with Gasteiger partial charge in [-0.3, -0.25) is 4.90 Å². The van der Waals surface area contributed by atoms with E-state index in [-0.39, 0.29) is 0 Å². The fourth-order valence-corrected chi connectivity index (χ4v) is 2.60. The summed E-state index contributed by atoms with van der Waals surface area (Å²) in [6.45, 7) is 3.15. The van der Waals surface area contributed by atoms with Crippen molar-refractivity contribution in [3.05, 3.63) is 41.5 Å². The maximum absolute atomic E-state index is 10.5. The van der Waals surface area contributed by atoms with Crippen LogP contribution in [0.5, 0.6) is 0 Å². The third kappa shape index (κ3) is 4.18. The summed E-state index contributed by atoms with van der Waals surface area (Å²) in [5.74, 6) is -0.913. The second kappa shape index (κ2) is 6.68. The number of carboxylic acids is 1. The van der Waals surface area contributed by atoms with Crippen LogP contribution < -0.4 is 0 Å². The predicted octanol–water partition coefficient (Wildman–Crippen LogP) is 1.92. The van der Waals surface area contributed by atoms with Gasteiger partial charge in [-0.2, -0.15) is 0 Å². The fourth-order valence-electron chi connectivity index (χ4n) is 2.60. The molecule has 1 heterocycles. The molecule has 1 aliphatic rings. The molecule has 4 nitrogen and oxygen atoms in total. The van der Waals surface area contributed by atoms with E-state index in [0.29, 0.717) is 6.04 Å². The number of hydrogen-bond donors (Lipinski definition) is 1. The topological polar surface area (TPSA) is 43.8 Å². The molecule has 1 aliphatic heterocycles. The van der Waals surface area contributed by atoms with Crippen LogP contribution in [0.25, 0.3) is 6.08 Å². The minimum atomic E-state index is -0.913. The van der Waals surface area contributed by atoms with E-state index in [0.717, 1.165) is 25.2 Å². The first-order valence-corrected chi connectivity index (χ1v) is 6.93. The van der Waals surface area contributed by atoms with Crippen LogP contribution in [0, 0.1) is 0 Å². The van der Waals surface area contributed by atoms with Crippen molar-refractivity contribution < 1.29 is 9.90 Å². The number of rotatable bonds is 5. The first kappa shape index (κ1) is 14.8. The Balaban J connectivity index is 1.97. The van der Waals surface area contributed by atoms with Crippen molar-refractivity contribution >= 4 is 12.0 Å². The summed E-state index contributed by atoms with van der Waals surface area (Å²) in [6.07, 6.45) is 4.03. The molecule has 0 aromatic heterocycles. The minimum absolute atomic E-state index is 0.644. The number of carbonyl (C=O) groups is 1. The van der Waals surface area contributed by atoms with E-state index in [1.165, 1.54) is 18.1 Å². The zero-order valence-corrected chi connectivity index (χ0v) is 12.1. The maximum atomic E-state index is 10.5. The van der Waals surface area contributed by atoms with Gasteiger partial charge in [-0.25, -0.2) is 4.79 Å². The third-order valence-corrected chi connectivity index (χ3v) is 3.75. The molecule has 108 valence electrons. The Labute approximate surface area is 120 Å². The van der Waals surface area contributed by atoms with Crippen LogP contribution in [0.1, 0.15) is 17.5 Å². The van der Waals surface area contributed by atoms with Crippen LogP contribution >= 0.6 is 0 Å². The lowest BCUT2D eigenvalue weighted by Crippen LogP contribution is -2.31. The number of likely N-dealkylation sites (N-methyl/N-ethyl adjacent to an activating group) is 1. The van der Waals surface area contributed by atoms with E-state index in [1.54, 1.807) is 6.08 Å². The average Bonchev–Trinajstić information content (AvgIpc) is 2.85. The summed E-state index contributed by atoms with van der Waals surface area (Å²) in [5.41, 5.74) is 2.17. The molecule has 0 radical (unpaired) electrons. The van der Waals surface area contributed by atoms with Gasteiger partial charge in [0.05, 0.1) is 0 Å². The van der Waals surface area contributed by atoms with Crippen molar-refractivity contribution in [2.75, 3.05) is 27.2 Å². The first-order chi connectivity index (χ1) is 9.54. The number of benzene rings is 1. The van der Waals surface area contributed by atoms with E-state index in [9.17, 15) is 4.79 Å². The summed E-state index contributed by atoms with van der Waals surface area (Å²) < 4.78 is 0. The molecule has 1 atom stereocenters. The second-order valence-corrected chi connectivity index (χ2v) is 5.56. The van der Waals surface area contributed by atoms with Gasteiger partial charge in [-0.15, -0.1) is 0 Å². The zero-order valence-electron chi connectivity index (χ0n) is 12.1. The minimum Gasteiger partial charge on any atom is -0.478 e. The van der Waals surface area contributed by atoms with Crippen LogP contribution in [0.4, 0.5) is 0 Å². The van der Waals surface area contributed by atoms with Crippen LogP contribution in [-0.4, -0.2) is 54.1 Å². The van der Waals surface area contributed by atoms with Gasteiger partial charge in [0.2, 0.25) is 0 Å². The average molecular weight is 274 g/mol. The molecular formula is C16H22N2O2. The molecule has 0 aliphatic carbocycles. The number of likely N-dealkylation sites (tertiary alicyclic amines) is 1. The standard InChI is InChI=1S/C16H22N2O2/c1-17(2)15-8-9-18(12-15)11-14-5-3-4-13(10-14)6-7-16(19)20/h3-7,10,15H,8-9,11-12H2,1-2H3,(H,19,20). The molecule has 1 aromatic carbocycles. The molecule has 1 fully saturated rings. The summed E-state index contributed by atoms with van der Waals surface area (Å²) in [5, 5.41) is 8.66. The second-order valence-electron chi connectivity index (χ2n) is 5.56. The molecule has 1 saturated heterocycles. The quantitative estimate of drug-likeness (QED) is 0.833. The van der Waals surface area contributed by atoms with Gasteiger partial charge in [-0.1, -0.05) is 24.3 Å². The number of aliphatic carboxylic acids is 1. The molecule has 1 unspecified atom stereocenters. The molecule has 20 heavy (non-hydrogen) atoms. The fraction of sp³-hybridized carbons (Fsp3) is 0.438. The van der Waals surface area contributed by atoms with Gasteiger partial charge in [-0.05, 0) is 37.7 Å². The van der Waals surface area contributed by atoms with Crippen LogP contribution in [0.2, 0.25) is 0 Å². The van der Waals surface area contributed by atoms with Crippen LogP contribution in [0.15, 0.2) is 30.3 Å². The number of hydrogen-bond acceptors (Lipinski definition) is 3. The summed E-state index contributed by atoms with van der Waals surface area (Å²) in [4.78, 5) is 15.3. The van der Waals surface area contributed by atoms with Crippen molar-refractivity contribution in [2.24, 2.45) is 0 Å². The zero-order chi connectivity index (χ0) is 14.5. The largest absolute Gasteiger partial charge is 0.478 e. The summed E-state index contributed by atoms with van der Waals surface area (Å²) in [7, 11) is 4.26. The first-order valence-electron chi connectivity index (χ1n) is 6.93. The Kier molecular flexibility index (Phi) is 4.93. The molecule has 1 N–H and O–H groups in total. The normalized spacial score (nSPS) is 20.1. The smallest absolute Gasteiger partial charge is 0.328 e. The van der Waals surface area contributed by atoms with Gasteiger partial charge in [0, 0.05) is 31.8 Å². The Hall–Kier alpha value is -1.65. The van der Waals surface area contributed by atoms with Gasteiger partial charge >= 0.3 is 5.97 Å². The maximum Gasteiger partial charge on any atom is 0.328 e. The van der Waals surface area contributed by atoms with Crippen molar-refractivity contribution in [3.8, 4) is 0 Å². The lowest BCUT2D eigenvalue weighted by molar-refractivity contribution is -0.131. The van der Waals surface area contributed by atoms with Crippen LogP contribution in [-0.2, 0) is 11.3 Å². The predicted molar refractivity (Wildman–Crippen MR) is 80.5 cm³/mol. The lowest BCUT2D eigenvalue weighted by Gasteiger charge is -2.20. The SMILES string of the molecule is CN(C)C1CCN(Cc2cccc(C=CC(=O)O)c2)C1. The van der Waals surface area contributed by atoms with E-state index in [4.69, 9.17) is 5.11 Å². The molecule has 0 spiro atoms. The Bertz CT molecular complexity index is 497. The van der Waals surface area contributed by atoms with Gasteiger partial charge in [0.1, 0.15) is 0 Å². The van der Waals surface area contributed by atoms with Crippen molar-refractivity contribution in [1.82, 2.24) is 9.80 Å². The van der Waals surface area contributed by atoms with E-state index in [1.807, 2.05) is 12.1 Å². The monoisotopic (exact) mass is 274 g/mol. The number of carboxylic acid groups (broad SMARTS) is 1. The van der Waals surface area contributed by atoms with Gasteiger partial charge < -0.3 is 10.0 Å². The summed E-state index contributed by atoms with van der Waals surface area (Å²) in [6, 6.07) is 8.71. The Morgan fingerprint density at radius 1 is 1.50 bits per heavy atom. The van der Waals surface area contributed by atoms with Crippen molar-refractivity contribution in [1.29, 1.82) is 0 Å². The Morgan fingerprint density at radius 2 is 2.30 bits per heavy atom. The van der Waals surface area contributed by atoms with Crippen LogP contribution in [0.3, 0.4) is 0 Å². The van der Waals surface area contributed by atoms with Gasteiger partial charge in [0.15, 0.2) is 0 Å². The van der Waals surface area contributed by atoms with E-state index in [2.05, 4.69) is 36.0 Å². The van der Waals surface area contributed by atoms with E-state index < -0.39 is 5.97 Å². The van der Waals surface area contributed by atoms with Crippen molar-refractivity contribution in [3.63, 3.8) is 0 Å². The highest BCUT2D eigenvalue weighted by Gasteiger charge is 2.23.